The van der Waals surface area contributed by atoms with Gasteiger partial charge in [0.2, 0.25) is 11.6 Å². The molecule has 0 radical (unpaired) electrons. The maximum atomic E-state index is 13.4. The van der Waals surface area contributed by atoms with Crippen molar-refractivity contribution in [2.75, 3.05) is 49.2 Å². The van der Waals surface area contributed by atoms with Crippen molar-refractivity contribution in [1.82, 2.24) is 30.2 Å². The van der Waals surface area contributed by atoms with Crippen molar-refractivity contribution < 1.29 is 106 Å². The van der Waals surface area contributed by atoms with Gasteiger partial charge in [0, 0.05) is 78.5 Å². The average Bonchev–Trinajstić information content (AvgIpc) is 1.11. The van der Waals surface area contributed by atoms with E-state index in [4.69, 9.17) is 34.3 Å². The topological polar surface area (TPSA) is 451 Å². The molecule has 8 rings (SSSR count). The quantitative estimate of drug-likeness (QED) is 0.0111. The van der Waals surface area contributed by atoms with Crippen molar-refractivity contribution in [3.63, 3.8) is 0 Å². The molecule has 0 bridgehead atoms. The van der Waals surface area contributed by atoms with E-state index >= 15 is 0 Å². The minimum absolute atomic E-state index is 0.0192. The van der Waals surface area contributed by atoms with Crippen molar-refractivity contribution in [3.05, 3.63) is 108 Å². The van der Waals surface area contributed by atoms with E-state index in [-0.39, 0.29) is 73.3 Å². The molecular weight excluding hydrogens is 1300 g/mol. The van der Waals surface area contributed by atoms with Crippen molar-refractivity contribution in [3.8, 4) is 5.75 Å². The number of amides is 2. The van der Waals surface area contributed by atoms with E-state index in [9.17, 15) is 64.1 Å². The van der Waals surface area contributed by atoms with Crippen LogP contribution >= 0.6 is 23.5 Å². The first kappa shape index (κ1) is 70.5. The Kier molecular flexibility index (Phi) is 20.9. The van der Waals surface area contributed by atoms with Gasteiger partial charge >= 0.3 is 29.6 Å². The number of benzene rings is 2. The fraction of sp³-hybridized carbons (Fsp3) is 0.455. The third-order valence-corrected chi connectivity index (χ3v) is 20.8. The predicted molar refractivity (Wildman–Crippen MR) is 331 cm³/mol. The van der Waals surface area contributed by atoms with Crippen LogP contribution in [0, 0.1) is 5.41 Å². The van der Waals surface area contributed by atoms with E-state index in [0.29, 0.717) is 22.7 Å². The van der Waals surface area contributed by atoms with Crippen LogP contribution in [0.1, 0.15) is 104 Å². The summed E-state index contributed by atoms with van der Waals surface area (Å²) >= 11 is 0. The van der Waals surface area contributed by atoms with Crippen molar-refractivity contribution in [2.45, 2.75) is 121 Å². The first-order chi connectivity index (χ1) is 42.2. The minimum atomic E-state index is -5.94. The molecule has 91 heavy (non-hydrogen) atoms. The molecule has 4 aromatic rings. The first-order valence-electron chi connectivity index (χ1n) is 28.3. The first-order valence-corrected chi connectivity index (χ1v) is 35.9. The molecule has 31 nitrogen and oxygen atoms in total. The summed E-state index contributed by atoms with van der Waals surface area (Å²) in [6.45, 7) is 15.8. The van der Waals surface area contributed by atoms with Crippen LogP contribution in [0.4, 0.5) is 22.0 Å². The molecule has 496 valence electrons. The normalized spacial score (nSPS) is 22.7. The van der Waals surface area contributed by atoms with Crippen LogP contribution in [-0.4, -0.2) is 155 Å². The summed E-state index contributed by atoms with van der Waals surface area (Å²) in [6.07, 6.45) is 7.75. The highest BCUT2D eigenvalue weighted by atomic mass is 32.2. The van der Waals surface area contributed by atoms with Crippen LogP contribution < -0.4 is 26.0 Å². The van der Waals surface area contributed by atoms with Gasteiger partial charge in [-0.05, 0) is 82.9 Å². The molecule has 36 heteroatoms. The molecule has 11 N–H and O–H groups in total. The molecule has 2 aromatic carbocycles. The fourth-order valence-corrected chi connectivity index (χ4v) is 15.3. The van der Waals surface area contributed by atoms with Crippen LogP contribution in [0.3, 0.4) is 0 Å². The smallest absolute Gasteiger partial charge is 0.460 e. The number of nitrogens with two attached hydrogens (primary N) is 1. The lowest BCUT2D eigenvalue weighted by Gasteiger charge is -2.43. The summed E-state index contributed by atoms with van der Waals surface area (Å²) in [7, 11) is -26.6. The number of imidazole rings is 1. The van der Waals surface area contributed by atoms with Gasteiger partial charge < -0.3 is 60.2 Å². The molecule has 2 aromatic heterocycles. The number of phosphoric acid groups is 3. The van der Waals surface area contributed by atoms with Gasteiger partial charge in [0.15, 0.2) is 29.5 Å². The van der Waals surface area contributed by atoms with Crippen molar-refractivity contribution in [1.29, 1.82) is 0 Å². The number of likely N-dealkylation sites (N-methyl/N-ethyl adjacent to an activating group) is 1. The lowest BCUT2D eigenvalue weighted by molar-refractivity contribution is -0.437. The Morgan fingerprint density at radius 2 is 1.64 bits per heavy atom. The van der Waals surface area contributed by atoms with E-state index in [2.05, 4.69) is 106 Å². The second-order valence-corrected chi connectivity index (χ2v) is 30.9. The number of allylic oxidation sites excluding steroid dienone is 9. The van der Waals surface area contributed by atoms with Crippen molar-refractivity contribution >= 4 is 101 Å². The van der Waals surface area contributed by atoms with Crippen LogP contribution in [0.15, 0.2) is 96.2 Å². The SMILES string of the molecule is CCN1c2cc3c(cc2C(C)=CC1(C)C)C(=CC=CC=CC1=[N+](CCCS(=O)(=O)O)c2ccc(S(=O)(=O)O)cc2C1(C)CCCC(=O)NCCNC(=O)O[C@H]1[C@@H](O)[C@H](n2cnc4c(N)ncnc42)O[C@@H]1COP(=O)(O)OP(=O)(O)OP(=O)(O)O)C=C(C(C)(C)C)O3. The van der Waals surface area contributed by atoms with E-state index < -0.39 is 103 Å². The second kappa shape index (κ2) is 26.9. The zero-order valence-electron chi connectivity index (χ0n) is 50.6. The maximum absolute atomic E-state index is 13.4. The number of ether oxygens (including phenoxy) is 3. The molecule has 6 heterocycles. The molecule has 1 fully saturated rings. The van der Waals surface area contributed by atoms with Gasteiger partial charge in [0.05, 0.1) is 34.5 Å². The molecule has 3 unspecified atom stereocenters. The molecule has 7 atom stereocenters. The van der Waals surface area contributed by atoms with Gasteiger partial charge in [-0.1, -0.05) is 51.2 Å². The molecule has 4 aliphatic rings. The van der Waals surface area contributed by atoms with Crippen molar-refractivity contribution in [2.24, 2.45) is 5.41 Å². The van der Waals surface area contributed by atoms with Crippen LogP contribution in [0.5, 0.6) is 5.75 Å². The number of aliphatic hydroxyl groups is 1. The Morgan fingerprint density at radius 3 is 2.31 bits per heavy atom. The van der Waals surface area contributed by atoms with Gasteiger partial charge in [-0.15, -0.1) is 0 Å². The third kappa shape index (κ3) is 16.9. The van der Waals surface area contributed by atoms with Gasteiger partial charge in [-0.2, -0.15) is 30.0 Å². The number of carbonyl (C=O) groups excluding carboxylic acids is 2. The largest absolute Gasteiger partial charge is 0.490 e. The second-order valence-electron chi connectivity index (χ2n) is 23.5. The number of rotatable bonds is 25. The lowest BCUT2D eigenvalue weighted by atomic mass is 9.75. The Balaban J connectivity index is 0.970. The van der Waals surface area contributed by atoms with Gasteiger partial charge in [-0.25, -0.2) is 33.4 Å². The minimum Gasteiger partial charge on any atom is -0.460 e. The molecule has 1 saturated heterocycles. The number of alkyl carbamates (subject to hydrolysis) is 1. The number of nitrogen functional groups attached to an aromatic ring is 1. The summed E-state index contributed by atoms with van der Waals surface area (Å²) in [6, 6.07) is 8.28. The number of fused-ring (bicyclic) bond motifs is 4. The number of phosphoric ester groups is 1. The molecular formula is C55H73N9O22P3S2+. The number of hydrogen-bond acceptors (Lipinski definition) is 21. The number of hydrogen-bond donors (Lipinski definition) is 10. The number of aliphatic hydroxyl groups excluding tert-OH is 1. The monoisotopic (exact) mass is 1370 g/mol. The van der Waals surface area contributed by atoms with Crippen LogP contribution in [0.2, 0.25) is 0 Å². The highest BCUT2D eigenvalue weighted by Crippen LogP contribution is 2.66. The van der Waals surface area contributed by atoms with E-state index in [1.165, 1.54) is 18.2 Å². The predicted octanol–water partition coefficient (Wildman–Crippen LogP) is 6.51. The number of nitrogens with one attached hydrogen (secondary N) is 2. The Hall–Kier alpha value is -6.35. The number of carbonyl (C=O) groups is 2. The summed E-state index contributed by atoms with van der Waals surface area (Å²) < 4.78 is 138. The summed E-state index contributed by atoms with van der Waals surface area (Å²) in [5.41, 5.74) is 10.9. The highest BCUT2D eigenvalue weighted by Gasteiger charge is 2.51. The highest BCUT2D eigenvalue weighted by molar-refractivity contribution is 7.86. The standard InChI is InChI=1S/C55H72N9O22P3S2/c1-9-64-40-28-41-37(27-36(40)33(2)29-54(64,6)7)34(25-44(82-41)53(3,4)5)15-11-10-12-16-43-55(8,38-26-35(91(78,79)80)18-19-39(38)62(43)23-14-24-90(75,76)77)20-13-17-45(65)57-21-22-58-52(67)84-48-42(30-81-88(71,72)86-89(73,74)85-87(68,69)70)83-51(47(48)66)63-32-61-46-49(56)59-31-60-50(46)63/h10-12,15-16,18-19,25-29,31-32,42,47-48,51,66H,9,13-14,17,20-24,30H2,1-8H3,(H9-,56,57,58,59,60,65,67,68,69,70,71,72,73,74,75,76,77,78,79,80)/p+1/t42-,47-,48-,51-,55?/m1/s1. The molecule has 4 aliphatic heterocycles. The van der Waals surface area contributed by atoms with Gasteiger partial charge in [0.25, 0.3) is 20.2 Å². The Labute approximate surface area is 524 Å². The zero-order valence-corrected chi connectivity index (χ0v) is 55.0. The molecule has 0 aliphatic carbocycles. The third-order valence-electron chi connectivity index (χ3n) is 15.3. The average molecular weight is 1370 g/mol. The summed E-state index contributed by atoms with van der Waals surface area (Å²) in [5, 5.41) is 16.5. The summed E-state index contributed by atoms with van der Waals surface area (Å²) in [5.74, 6) is 0.330. The summed E-state index contributed by atoms with van der Waals surface area (Å²) in [4.78, 5) is 78.2. The van der Waals surface area contributed by atoms with E-state index in [0.717, 1.165) is 57.5 Å². The zero-order chi connectivity index (χ0) is 67.0. The number of anilines is 2. The molecule has 2 amide bonds. The fourth-order valence-electron chi connectivity index (χ4n) is 11.3. The molecule has 0 saturated carbocycles. The van der Waals surface area contributed by atoms with Gasteiger partial charge in [-0.3, -0.25) is 23.0 Å². The Morgan fingerprint density at radius 1 is 0.923 bits per heavy atom. The maximum Gasteiger partial charge on any atom is 0.490 e. The number of nitrogens with zero attached hydrogens (tertiary/aromatic N) is 6. The molecule has 0 spiro atoms. The number of aromatic nitrogens is 4. The van der Waals surface area contributed by atoms with Crippen LogP contribution in [-0.2, 0) is 66.8 Å². The lowest BCUT2D eigenvalue weighted by Crippen LogP contribution is -2.45. The Bertz CT molecular complexity index is 4100. The van der Waals surface area contributed by atoms with E-state index in [1.54, 1.807) is 22.8 Å². The van der Waals surface area contributed by atoms with Gasteiger partial charge in [0.1, 0.15) is 42.1 Å². The van der Waals surface area contributed by atoms with Crippen LogP contribution in [0.25, 0.3) is 22.3 Å². The van der Waals surface area contributed by atoms with E-state index in [1.807, 2.05) is 25.2 Å².